The number of hydrogen-bond donors (Lipinski definition) is 0. The summed E-state index contributed by atoms with van der Waals surface area (Å²) in [7, 11) is 0. The minimum atomic E-state index is 0.230. The van der Waals surface area contributed by atoms with Crippen molar-refractivity contribution in [2.24, 2.45) is 0 Å². The Balaban J connectivity index is 1.83. The molecule has 1 atom stereocenters. The quantitative estimate of drug-likeness (QED) is 0.800. The summed E-state index contributed by atoms with van der Waals surface area (Å²) < 4.78 is 1.84. The Labute approximate surface area is 120 Å². The van der Waals surface area contributed by atoms with Gasteiger partial charge in [-0.05, 0) is 32.4 Å². The molecule has 0 aliphatic carbocycles. The highest BCUT2D eigenvalue weighted by molar-refractivity contribution is 8.03. The molecule has 1 fully saturated rings. The summed E-state index contributed by atoms with van der Waals surface area (Å²) >= 11 is 4.64. The van der Waals surface area contributed by atoms with Gasteiger partial charge in [-0.25, -0.2) is 0 Å². The Morgan fingerprint density at radius 2 is 2.22 bits per heavy atom. The first-order chi connectivity index (χ1) is 8.70. The zero-order chi connectivity index (χ0) is 13.0. The third kappa shape index (κ3) is 3.61. The molecule has 1 aliphatic heterocycles. The van der Waals surface area contributed by atoms with Gasteiger partial charge in [-0.1, -0.05) is 34.9 Å². The fraction of sp³-hybridized carbons (Fsp3) is 0.727. The van der Waals surface area contributed by atoms with Gasteiger partial charge in [0.1, 0.15) is 0 Å². The topological polar surface area (TPSA) is 46.1 Å². The van der Waals surface area contributed by atoms with E-state index in [2.05, 4.69) is 17.1 Å². The molecule has 18 heavy (non-hydrogen) atoms. The van der Waals surface area contributed by atoms with Gasteiger partial charge in [0, 0.05) is 12.6 Å². The van der Waals surface area contributed by atoms with Crippen LogP contribution in [-0.2, 0) is 4.79 Å². The summed E-state index contributed by atoms with van der Waals surface area (Å²) in [5.74, 6) is 0.709. The first-order valence-corrected chi connectivity index (χ1v) is 9.03. The normalized spacial score (nSPS) is 20.1. The van der Waals surface area contributed by atoms with Gasteiger partial charge >= 0.3 is 0 Å². The molecule has 1 unspecified atom stereocenters. The minimum absolute atomic E-state index is 0.230. The van der Waals surface area contributed by atoms with Crippen LogP contribution in [0.2, 0.25) is 0 Å². The Morgan fingerprint density at radius 3 is 2.89 bits per heavy atom. The van der Waals surface area contributed by atoms with Gasteiger partial charge in [0.25, 0.3) is 0 Å². The van der Waals surface area contributed by atoms with Crippen LogP contribution in [0.15, 0.2) is 8.68 Å². The molecule has 4 nitrogen and oxygen atoms in total. The number of nitrogens with zero attached hydrogens (tertiary/aromatic N) is 3. The van der Waals surface area contributed by atoms with E-state index >= 15 is 0 Å². The smallest absolute Gasteiger partial charge is 0.233 e. The van der Waals surface area contributed by atoms with Crippen molar-refractivity contribution in [3.8, 4) is 0 Å². The molecule has 1 aliphatic rings. The van der Waals surface area contributed by atoms with Crippen molar-refractivity contribution in [1.82, 2.24) is 15.1 Å². The second-order valence-corrected chi connectivity index (χ2v) is 7.51. The number of aromatic nitrogens is 2. The molecule has 1 saturated heterocycles. The predicted molar refractivity (Wildman–Crippen MR) is 77.4 cm³/mol. The van der Waals surface area contributed by atoms with Gasteiger partial charge in [0.15, 0.2) is 8.68 Å². The van der Waals surface area contributed by atoms with Gasteiger partial charge < -0.3 is 4.90 Å². The molecule has 0 radical (unpaired) electrons. The largest absolute Gasteiger partial charge is 0.339 e. The molecule has 0 aromatic carbocycles. The van der Waals surface area contributed by atoms with Crippen molar-refractivity contribution in [2.45, 2.75) is 40.9 Å². The number of thioether (sulfide) groups is 2. The maximum atomic E-state index is 12.1. The molecule has 1 amide bonds. The molecular formula is C11H17N3OS3. The maximum Gasteiger partial charge on any atom is 0.233 e. The van der Waals surface area contributed by atoms with Crippen molar-refractivity contribution in [3.05, 3.63) is 0 Å². The van der Waals surface area contributed by atoms with E-state index in [1.807, 2.05) is 11.2 Å². The lowest BCUT2D eigenvalue weighted by atomic mass is 10.0. The van der Waals surface area contributed by atoms with Gasteiger partial charge in [0.05, 0.1) is 5.75 Å². The molecule has 0 spiro atoms. The predicted octanol–water partition coefficient (Wildman–Crippen LogP) is 2.75. The summed E-state index contributed by atoms with van der Waals surface area (Å²) in [6.45, 7) is 3.05. The molecule has 100 valence electrons. The van der Waals surface area contributed by atoms with Crippen LogP contribution in [0.3, 0.4) is 0 Å². The van der Waals surface area contributed by atoms with E-state index in [4.69, 9.17) is 0 Å². The van der Waals surface area contributed by atoms with E-state index in [0.717, 1.165) is 28.1 Å². The van der Waals surface area contributed by atoms with E-state index < -0.39 is 0 Å². The van der Waals surface area contributed by atoms with Crippen LogP contribution in [-0.4, -0.2) is 45.6 Å². The number of rotatable bonds is 4. The molecule has 2 rings (SSSR count). The molecule has 0 bridgehead atoms. The number of likely N-dealkylation sites (tertiary alicyclic amines) is 1. The zero-order valence-corrected chi connectivity index (χ0v) is 13.0. The SMILES string of the molecule is CSc1nnc(SCC(=O)N2CCCCC2C)s1. The van der Waals surface area contributed by atoms with Gasteiger partial charge in [0.2, 0.25) is 5.91 Å². The van der Waals surface area contributed by atoms with E-state index in [9.17, 15) is 4.79 Å². The Morgan fingerprint density at radius 1 is 1.44 bits per heavy atom. The molecule has 2 heterocycles. The van der Waals surface area contributed by atoms with Gasteiger partial charge in [-0.3, -0.25) is 4.79 Å². The van der Waals surface area contributed by atoms with Crippen LogP contribution in [0.1, 0.15) is 26.2 Å². The Bertz CT molecular complexity index is 410. The molecule has 1 aromatic heterocycles. The average molecular weight is 303 g/mol. The lowest BCUT2D eigenvalue weighted by Gasteiger charge is -2.33. The van der Waals surface area contributed by atoms with Gasteiger partial charge in [-0.15, -0.1) is 10.2 Å². The minimum Gasteiger partial charge on any atom is -0.339 e. The van der Waals surface area contributed by atoms with Crippen molar-refractivity contribution in [3.63, 3.8) is 0 Å². The average Bonchev–Trinajstić information content (AvgIpc) is 2.84. The number of hydrogen-bond acceptors (Lipinski definition) is 6. The third-order valence-electron chi connectivity index (χ3n) is 3.00. The molecule has 7 heteroatoms. The van der Waals surface area contributed by atoms with E-state index in [1.54, 1.807) is 23.1 Å². The fourth-order valence-electron chi connectivity index (χ4n) is 2.01. The lowest BCUT2D eigenvalue weighted by Crippen LogP contribution is -2.42. The van der Waals surface area contributed by atoms with E-state index in [1.165, 1.54) is 18.2 Å². The van der Waals surface area contributed by atoms with Crippen LogP contribution < -0.4 is 0 Å². The van der Waals surface area contributed by atoms with Crippen molar-refractivity contribution in [2.75, 3.05) is 18.6 Å². The van der Waals surface area contributed by atoms with Crippen molar-refractivity contribution >= 4 is 40.8 Å². The zero-order valence-electron chi connectivity index (χ0n) is 10.6. The maximum absolute atomic E-state index is 12.1. The number of carbonyl (C=O) groups excluding carboxylic acids is 1. The van der Waals surface area contributed by atoms with Gasteiger partial charge in [-0.2, -0.15) is 0 Å². The summed E-state index contributed by atoms with van der Waals surface area (Å²) in [6, 6.07) is 0.392. The summed E-state index contributed by atoms with van der Waals surface area (Å²) in [5.41, 5.74) is 0. The highest BCUT2D eigenvalue weighted by Gasteiger charge is 2.23. The van der Waals surface area contributed by atoms with Crippen molar-refractivity contribution in [1.29, 1.82) is 0 Å². The highest BCUT2D eigenvalue weighted by atomic mass is 32.2. The molecule has 0 saturated carbocycles. The third-order valence-corrected chi connectivity index (χ3v) is 6.02. The van der Waals surface area contributed by atoms with Crippen LogP contribution in [0, 0.1) is 0 Å². The standard InChI is InChI=1S/C11H17N3OS3/c1-8-5-3-4-6-14(8)9(15)7-17-11-13-12-10(16-2)18-11/h8H,3-7H2,1-2H3. The fourth-order valence-corrected chi connectivity index (χ4v) is 4.34. The second-order valence-electron chi connectivity index (χ2n) is 4.26. The monoisotopic (exact) mass is 303 g/mol. The summed E-state index contributed by atoms with van der Waals surface area (Å²) in [4.78, 5) is 14.1. The molecular weight excluding hydrogens is 286 g/mol. The van der Waals surface area contributed by atoms with Crippen molar-refractivity contribution < 1.29 is 4.79 Å². The Kier molecular flexibility index (Phi) is 5.32. The van der Waals surface area contributed by atoms with Crippen LogP contribution in [0.5, 0.6) is 0 Å². The number of amides is 1. The second kappa shape index (κ2) is 6.77. The molecule has 0 N–H and O–H groups in total. The highest BCUT2D eigenvalue weighted by Crippen LogP contribution is 2.28. The van der Waals surface area contributed by atoms with Crippen LogP contribution in [0.4, 0.5) is 0 Å². The summed E-state index contributed by atoms with van der Waals surface area (Å²) in [5, 5.41) is 8.09. The summed E-state index contributed by atoms with van der Waals surface area (Å²) in [6.07, 6.45) is 5.49. The first kappa shape index (κ1) is 14.1. The number of carbonyl (C=O) groups is 1. The van der Waals surface area contributed by atoms with E-state index in [-0.39, 0.29) is 5.91 Å². The lowest BCUT2D eigenvalue weighted by molar-refractivity contribution is -0.131. The Hall–Kier alpha value is -0.270. The molecule has 1 aromatic rings. The first-order valence-electron chi connectivity index (χ1n) is 6.00. The van der Waals surface area contributed by atoms with Crippen LogP contribution in [0.25, 0.3) is 0 Å². The number of piperidine rings is 1. The van der Waals surface area contributed by atoms with E-state index in [0.29, 0.717) is 11.8 Å². The van der Waals surface area contributed by atoms with Crippen LogP contribution >= 0.6 is 34.9 Å².